The van der Waals surface area contributed by atoms with Crippen LogP contribution >= 0.6 is 0 Å². The number of carbonyl (C=O) groups excluding carboxylic acids is 1. The van der Waals surface area contributed by atoms with Crippen LogP contribution in [0.15, 0.2) is 48.5 Å². The van der Waals surface area contributed by atoms with E-state index in [4.69, 9.17) is 5.26 Å². The van der Waals surface area contributed by atoms with E-state index in [1.165, 1.54) is 0 Å². The number of carbonyl (C=O) groups is 2. The highest BCUT2D eigenvalue weighted by Crippen LogP contribution is 2.44. The summed E-state index contributed by atoms with van der Waals surface area (Å²) in [7, 11) is 0. The lowest BCUT2D eigenvalue weighted by Gasteiger charge is -2.22. The van der Waals surface area contributed by atoms with E-state index in [0.29, 0.717) is 0 Å². The van der Waals surface area contributed by atoms with Crippen LogP contribution in [0.5, 0.6) is 0 Å². The monoisotopic (exact) mass is 334 g/mol. The average Bonchev–Trinajstić information content (AvgIpc) is 2.94. The molecule has 0 saturated heterocycles. The quantitative estimate of drug-likeness (QED) is 0.879. The number of aliphatic carboxylic acids is 1. The van der Waals surface area contributed by atoms with E-state index < -0.39 is 23.8 Å². The van der Waals surface area contributed by atoms with Gasteiger partial charge in [-0.15, -0.1) is 0 Å². The minimum absolute atomic E-state index is 0.0646. The number of rotatable bonds is 5. The van der Waals surface area contributed by atoms with Crippen molar-refractivity contribution in [2.24, 2.45) is 5.92 Å². The summed E-state index contributed by atoms with van der Waals surface area (Å²) in [5.74, 6) is -2.49. The van der Waals surface area contributed by atoms with Crippen LogP contribution in [0, 0.1) is 17.2 Å². The highest BCUT2D eigenvalue weighted by atomic mass is 16.4. The van der Waals surface area contributed by atoms with Crippen LogP contribution in [0.2, 0.25) is 0 Å². The maximum atomic E-state index is 12.9. The fourth-order valence-electron chi connectivity index (χ4n) is 3.38. The summed E-state index contributed by atoms with van der Waals surface area (Å²) in [6.07, 6.45) is 0.0646. The highest BCUT2D eigenvalue weighted by molar-refractivity contribution is 5.97. The molecule has 25 heavy (non-hydrogen) atoms. The van der Waals surface area contributed by atoms with E-state index >= 15 is 0 Å². The van der Waals surface area contributed by atoms with Gasteiger partial charge in [0.2, 0.25) is 5.91 Å². The van der Waals surface area contributed by atoms with Crippen molar-refractivity contribution < 1.29 is 14.7 Å². The lowest BCUT2D eigenvalue weighted by Crippen LogP contribution is -2.46. The Morgan fingerprint density at radius 1 is 1.12 bits per heavy atom. The molecule has 0 heterocycles. The minimum atomic E-state index is -1.13. The molecule has 126 valence electrons. The van der Waals surface area contributed by atoms with Crippen molar-refractivity contribution >= 4 is 11.9 Å². The molecular formula is C20H18N2O3. The molecule has 3 rings (SSSR count). The van der Waals surface area contributed by atoms with Crippen molar-refractivity contribution in [1.82, 2.24) is 5.32 Å². The zero-order valence-electron chi connectivity index (χ0n) is 13.8. The summed E-state index contributed by atoms with van der Waals surface area (Å²) >= 11 is 0. The van der Waals surface area contributed by atoms with E-state index in [1.807, 2.05) is 54.6 Å². The predicted octanol–water partition coefficient (Wildman–Crippen LogP) is 2.92. The Bertz CT molecular complexity index is 824. The number of hydrogen-bond acceptors (Lipinski definition) is 3. The standard InChI is InChI=1S/C20H18N2O3/c1-12(10-11-21)18(20(24)25)22-19(23)17-15-8-4-2-6-13(15)14-7-3-5-9-16(14)17/h2-9,12,17-18H,10H2,1H3,(H,22,23)(H,24,25)/t12-,18+/m1/s1. The van der Waals surface area contributed by atoms with Gasteiger partial charge < -0.3 is 10.4 Å². The zero-order chi connectivity index (χ0) is 18.0. The van der Waals surface area contributed by atoms with Gasteiger partial charge in [-0.05, 0) is 22.3 Å². The summed E-state index contributed by atoms with van der Waals surface area (Å²) in [4.78, 5) is 24.5. The van der Waals surface area contributed by atoms with Crippen molar-refractivity contribution in [1.29, 1.82) is 5.26 Å². The number of amides is 1. The molecule has 0 spiro atoms. The Morgan fingerprint density at radius 2 is 1.64 bits per heavy atom. The van der Waals surface area contributed by atoms with Crippen molar-refractivity contribution in [3.05, 3.63) is 59.7 Å². The van der Waals surface area contributed by atoms with Crippen molar-refractivity contribution in [2.75, 3.05) is 0 Å². The molecule has 2 N–H and O–H groups in total. The second-order valence-electron chi connectivity index (χ2n) is 6.27. The SMILES string of the molecule is C[C@H](CC#N)[C@H](NC(=O)C1c2ccccc2-c2ccccc21)C(=O)O. The predicted molar refractivity (Wildman–Crippen MR) is 92.7 cm³/mol. The maximum absolute atomic E-state index is 12.9. The molecule has 0 radical (unpaired) electrons. The summed E-state index contributed by atoms with van der Waals surface area (Å²) in [6, 6.07) is 16.2. The Labute approximate surface area is 145 Å². The molecule has 1 amide bonds. The number of carboxylic acids is 1. The van der Waals surface area contributed by atoms with Crippen LogP contribution < -0.4 is 5.32 Å². The van der Waals surface area contributed by atoms with Gasteiger partial charge in [-0.25, -0.2) is 4.79 Å². The van der Waals surface area contributed by atoms with Crippen molar-refractivity contribution in [3.8, 4) is 17.2 Å². The molecule has 0 saturated carbocycles. The fraction of sp³-hybridized carbons (Fsp3) is 0.250. The van der Waals surface area contributed by atoms with E-state index in [0.717, 1.165) is 22.3 Å². The number of nitriles is 1. The Morgan fingerprint density at radius 3 is 2.12 bits per heavy atom. The summed E-state index contributed by atoms with van der Waals surface area (Å²) in [5.41, 5.74) is 3.74. The Hall–Kier alpha value is -3.13. The van der Waals surface area contributed by atoms with Gasteiger partial charge in [0, 0.05) is 12.3 Å². The fourth-order valence-corrected chi connectivity index (χ4v) is 3.38. The molecule has 0 aliphatic heterocycles. The van der Waals surface area contributed by atoms with E-state index in [1.54, 1.807) is 6.92 Å². The minimum Gasteiger partial charge on any atom is -0.480 e. The molecule has 5 nitrogen and oxygen atoms in total. The topological polar surface area (TPSA) is 90.2 Å². The first-order valence-electron chi connectivity index (χ1n) is 8.13. The van der Waals surface area contributed by atoms with Gasteiger partial charge in [0.25, 0.3) is 0 Å². The van der Waals surface area contributed by atoms with Gasteiger partial charge in [-0.1, -0.05) is 55.5 Å². The Balaban J connectivity index is 1.95. The number of fused-ring (bicyclic) bond motifs is 3. The third kappa shape index (κ3) is 2.99. The molecule has 1 aliphatic rings. The average molecular weight is 334 g/mol. The van der Waals surface area contributed by atoms with Crippen LogP contribution in [-0.4, -0.2) is 23.0 Å². The van der Waals surface area contributed by atoms with Gasteiger partial charge in [0.15, 0.2) is 0 Å². The van der Waals surface area contributed by atoms with Crippen molar-refractivity contribution in [2.45, 2.75) is 25.3 Å². The molecular weight excluding hydrogens is 316 g/mol. The van der Waals surface area contributed by atoms with Crippen LogP contribution in [0.1, 0.15) is 30.4 Å². The van der Waals surface area contributed by atoms with Gasteiger partial charge >= 0.3 is 5.97 Å². The highest BCUT2D eigenvalue weighted by Gasteiger charge is 2.36. The first-order valence-corrected chi connectivity index (χ1v) is 8.13. The number of hydrogen-bond donors (Lipinski definition) is 2. The van der Waals surface area contributed by atoms with Crippen LogP contribution in [0.3, 0.4) is 0 Å². The first-order chi connectivity index (χ1) is 12.0. The van der Waals surface area contributed by atoms with Crippen molar-refractivity contribution in [3.63, 3.8) is 0 Å². The number of nitrogens with zero attached hydrogens (tertiary/aromatic N) is 1. The molecule has 2 aromatic carbocycles. The normalized spacial score (nSPS) is 14.7. The maximum Gasteiger partial charge on any atom is 0.326 e. The van der Waals surface area contributed by atoms with E-state index in [2.05, 4.69) is 5.32 Å². The lowest BCUT2D eigenvalue weighted by molar-refractivity contribution is -0.143. The second kappa shape index (κ2) is 6.78. The van der Waals surface area contributed by atoms with Gasteiger partial charge in [-0.3, -0.25) is 4.79 Å². The van der Waals surface area contributed by atoms with Crippen LogP contribution in [-0.2, 0) is 9.59 Å². The summed E-state index contributed by atoms with van der Waals surface area (Å²) in [5, 5.41) is 20.9. The van der Waals surface area contributed by atoms with Crippen LogP contribution in [0.25, 0.3) is 11.1 Å². The summed E-state index contributed by atoms with van der Waals surface area (Å²) in [6.45, 7) is 1.65. The van der Waals surface area contributed by atoms with Gasteiger partial charge in [0.05, 0.1) is 12.0 Å². The molecule has 0 bridgehead atoms. The molecule has 0 unspecified atom stereocenters. The molecule has 5 heteroatoms. The largest absolute Gasteiger partial charge is 0.480 e. The molecule has 1 aliphatic carbocycles. The third-order valence-electron chi connectivity index (χ3n) is 4.64. The molecule has 0 fully saturated rings. The Kier molecular flexibility index (Phi) is 4.53. The third-order valence-corrected chi connectivity index (χ3v) is 4.64. The number of carboxylic acid groups (broad SMARTS) is 1. The van der Waals surface area contributed by atoms with E-state index in [-0.39, 0.29) is 12.3 Å². The van der Waals surface area contributed by atoms with E-state index in [9.17, 15) is 14.7 Å². The number of benzene rings is 2. The zero-order valence-corrected chi connectivity index (χ0v) is 13.8. The molecule has 2 atom stereocenters. The summed E-state index contributed by atoms with van der Waals surface area (Å²) < 4.78 is 0. The molecule has 0 aromatic heterocycles. The van der Waals surface area contributed by atoms with Crippen LogP contribution in [0.4, 0.5) is 0 Å². The smallest absolute Gasteiger partial charge is 0.326 e. The van der Waals surface area contributed by atoms with Gasteiger partial charge in [-0.2, -0.15) is 5.26 Å². The lowest BCUT2D eigenvalue weighted by atomic mass is 9.93. The number of nitrogens with one attached hydrogen (secondary N) is 1. The van der Waals surface area contributed by atoms with Gasteiger partial charge in [0.1, 0.15) is 6.04 Å². The molecule has 2 aromatic rings. The second-order valence-corrected chi connectivity index (χ2v) is 6.27. The first kappa shape index (κ1) is 16.7.